The van der Waals surface area contributed by atoms with Crippen molar-refractivity contribution < 1.29 is 19.4 Å². The third kappa shape index (κ3) is 30.8. The van der Waals surface area contributed by atoms with E-state index in [1.165, 1.54) is 103 Å². The highest BCUT2D eigenvalue weighted by Gasteiger charge is 2.14. The Balaban J connectivity index is 3.47. The SMILES string of the molecule is CCCCCCC/C=C\C/C=C\CCCCCCCCCCCCCC(=O)OC(CCCC)CCCC(=O)O. The predicted octanol–water partition coefficient (Wildman–Crippen LogP) is 11.3. The van der Waals surface area contributed by atoms with Crippen molar-refractivity contribution in [1.29, 1.82) is 0 Å². The first-order valence-corrected chi connectivity index (χ1v) is 16.8. The smallest absolute Gasteiger partial charge is 0.306 e. The second kappa shape index (κ2) is 31.0. The van der Waals surface area contributed by atoms with E-state index in [-0.39, 0.29) is 18.5 Å². The summed E-state index contributed by atoms with van der Waals surface area (Å²) in [6.45, 7) is 4.39. The van der Waals surface area contributed by atoms with Crippen LogP contribution in [0.5, 0.6) is 0 Å². The minimum absolute atomic E-state index is 0.109. The van der Waals surface area contributed by atoms with Crippen LogP contribution in [-0.4, -0.2) is 23.1 Å². The van der Waals surface area contributed by atoms with E-state index in [2.05, 4.69) is 38.2 Å². The maximum atomic E-state index is 12.2. The third-order valence-electron chi connectivity index (χ3n) is 7.43. The largest absolute Gasteiger partial charge is 0.481 e. The summed E-state index contributed by atoms with van der Waals surface area (Å²) >= 11 is 0. The molecule has 0 heterocycles. The van der Waals surface area contributed by atoms with Gasteiger partial charge in [0.05, 0.1) is 0 Å². The van der Waals surface area contributed by atoms with Crippen molar-refractivity contribution in [3.05, 3.63) is 24.3 Å². The summed E-state index contributed by atoms with van der Waals surface area (Å²) in [5.74, 6) is -0.890. The molecule has 1 atom stereocenters. The number of esters is 1. The van der Waals surface area contributed by atoms with Crippen LogP contribution in [0.2, 0.25) is 0 Å². The number of carbonyl (C=O) groups excluding carboxylic acids is 1. The molecule has 0 aliphatic carbocycles. The molecule has 39 heavy (non-hydrogen) atoms. The van der Waals surface area contributed by atoms with Gasteiger partial charge in [-0.15, -0.1) is 0 Å². The summed E-state index contributed by atoms with van der Waals surface area (Å²) in [5, 5.41) is 8.82. The fraction of sp³-hybridized carbons (Fsp3) is 0.829. The fourth-order valence-corrected chi connectivity index (χ4v) is 4.91. The Hall–Kier alpha value is -1.58. The summed E-state index contributed by atoms with van der Waals surface area (Å²) in [5.41, 5.74) is 0. The number of carbonyl (C=O) groups is 2. The molecule has 0 aromatic carbocycles. The molecule has 4 heteroatoms. The Labute approximate surface area is 242 Å². The van der Waals surface area contributed by atoms with E-state index in [9.17, 15) is 9.59 Å². The molecule has 0 amide bonds. The molecular weight excluding hydrogens is 484 g/mol. The van der Waals surface area contributed by atoms with Gasteiger partial charge in [0.15, 0.2) is 0 Å². The number of aliphatic carboxylic acids is 1. The lowest BCUT2D eigenvalue weighted by molar-refractivity contribution is -0.150. The predicted molar refractivity (Wildman–Crippen MR) is 167 cm³/mol. The maximum absolute atomic E-state index is 12.2. The lowest BCUT2D eigenvalue weighted by Gasteiger charge is -2.17. The van der Waals surface area contributed by atoms with Gasteiger partial charge in [-0.3, -0.25) is 9.59 Å². The molecule has 0 radical (unpaired) electrons. The molecule has 228 valence electrons. The van der Waals surface area contributed by atoms with Gasteiger partial charge >= 0.3 is 11.9 Å². The normalized spacial score (nSPS) is 12.5. The summed E-state index contributed by atoms with van der Waals surface area (Å²) in [4.78, 5) is 22.9. The Kier molecular flexibility index (Phi) is 29.7. The van der Waals surface area contributed by atoms with E-state index < -0.39 is 5.97 Å². The van der Waals surface area contributed by atoms with E-state index in [0.29, 0.717) is 19.3 Å². The highest BCUT2D eigenvalue weighted by molar-refractivity contribution is 5.69. The first-order valence-electron chi connectivity index (χ1n) is 16.8. The molecular formula is C35H64O4. The van der Waals surface area contributed by atoms with Crippen LogP contribution in [0.3, 0.4) is 0 Å². The monoisotopic (exact) mass is 548 g/mol. The van der Waals surface area contributed by atoms with Crippen LogP contribution in [0.25, 0.3) is 0 Å². The van der Waals surface area contributed by atoms with Gasteiger partial charge in [0.25, 0.3) is 0 Å². The lowest BCUT2D eigenvalue weighted by atomic mass is 10.0. The highest BCUT2D eigenvalue weighted by atomic mass is 16.5. The average molecular weight is 549 g/mol. The zero-order chi connectivity index (χ0) is 28.7. The first-order chi connectivity index (χ1) is 19.1. The molecule has 0 aliphatic rings. The number of allylic oxidation sites excluding steroid dienone is 4. The Morgan fingerprint density at radius 2 is 1.03 bits per heavy atom. The molecule has 1 N–H and O–H groups in total. The number of hydrogen-bond acceptors (Lipinski definition) is 3. The van der Waals surface area contributed by atoms with Crippen molar-refractivity contribution in [2.45, 2.75) is 187 Å². The second-order valence-electron chi connectivity index (χ2n) is 11.3. The fourth-order valence-electron chi connectivity index (χ4n) is 4.91. The molecule has 0 saturated carbocycles. The number of unbranched alkanes of at least 4 members (excludes halogenated alkanes) is 17. The van der Waals surface area contributed by atoms with Crippen LogP contribution < -0.4 is 0 Å². The third-order valence-corrected chi connectivity index (χ3v) is 7.43. The van der Waals surface area contributed by atoms with Gasteiger partial charge in [-0.2, -0.15) is 0 Å². The molecule has 0 fully saturated rings. The van der Waals surface area contributed by atoms with Gasteiger partial charge in [0.1, 0.15) is 6.10 Å². The second-order valence-corrected chi connectivity index (χ2v) is 11.3. The van der Waals surface area contributed by atoms with Crippen molar-refractivity contribution in [2.75, 3.05) is 0 Å². The standard InChI is InChI=1S/C35H64O4/c1-3-5-7-8-9-10-11-12-13-14-15-16-17-18-19-20-21-22-23-24-25-26-27-32-35(38)39-33(29-6-4-2)30-28-31-34(36)37/h11-12,14-15,33H,3-10,13,16-32H2,1-2H3,(H,36,37)/b12-11-,15-14-. The van der Waals surface area contributed by atoms with Crippen molar-refractivity contribution in [3.63, 3.8) is 0 Å². The van der Waals surface area contributed by atoms with Gasteiger partial charge in [0, 0.05) is 12.8 Å². The number of carboxylic acids is 1. The molecule has 0 saturated heterocycles. The number of carboxylic acid groups (broad SMARTS) is 1. The molecule has 0 spiro atoms. The highest BCUT2D eigenvalue weighted by Crippen LogP contribution is 2.16. The van der Waals surface area contributed by atoms with Gasteiger partial charge < -0.3 is 9.84 Å². The van der Waals surface area contributed by atoms with E-state index in [4.69, 9.17) is 9.84 Å². The lowest BCUT2D eigenvalue weighted by Crippen LogP contribution is -2.18. The molecule has 0 aromatic rings. The van der Waals surface area contributed by atoms with Gasteiger partial charge in [0.2, 0.25) is 0 Å². The summed E-state index contributed by atoms with van der Waals surface area (Å²) in [6.07, 6.45) is 38.3. The van der Waals surface area contributed by atoms with E-state index >= 15 is 0 Å². The molecule has 4 nitrogen and oxygen atoms in total. The van der Waals surface area contributed by atoms with Crippen molar-refractivity contribution in [3.8, 4) is 0 Å². The number of rotatable bonds is 30. The van der Waals surface area contributed by atoms with Gasteiger partial charge in [-0.05, 0) is 57.8 Å². The van der Waals surface area contributed by atoms with Crippen molar-refractivity contribution in [1.82, 2.24) is 0 Å². The maximum Gasteiger partial charge on any atom is 0.306 e. The van der Waals surface area contributed by atoms with Crippen LogP contribution in [0, 0.1) is 0 Å². The van der Waals surface area contributed by atoms with Gasteiger partial charge in [-0.25, -0.2) is 0 Å². The first kappa shape index (κ1) is 37.4. The quantitative estimate of drug-likeness (QED) is 0.0550. The molecule has 1 unspecified atom stereocenters. The van der Waals surface area contributed by atoms with Crippen LogP contribution in [0.4, 0.5) is 0 Å². The zero-order valence-corrected chi connectivity index (χ0v) is 25.9. The van der Waals surface area contributed by atoms with Crippen LogP contribution in [0.1, 0.15) is 181 Å². The van der Waals surface area contributed by atoms with Crippen LogP contribution in [0.15, 0.2) is 24.3 Å². The van der Waals surface area contributed by atoms with E-state index in [1.54, 1.807) is 0 Å². The van der Waals surface area contributed by atoms with Crippen molar-refractivity contribution >= 4 is 11.9 Å². The Bertz CT molecular complexity index is 595. The minimum Gasteiger partial charge on any atom is -0.481 e. The Morgan fingerprint density at radius 3 is 1.54 bits per heavy atom. The number of hydrogen-bond donors (Lipinski definition) is 1. The molecule has 0 bridgehead atoms. The van der Waals surface area contributed by atoms with Crippen LogP contribution >= 0.6 is 0 Å². The zero-order valence-electron chi connectivity index (χ0n) is 25.9. The summed E-state index contributed by atoms with van der Waals surface area (Å²) in [6, 6.07) is 0. The molecule has 0 rings (SSSR count). The number of ether oxygens (including phenoxy) is 1. The van der Waals surface area contributed by atoms with Gasteiger partial charge in [-0.1, -0.05) is 134 Å². The summed E-state index contributed by atoms with van der Waals surface area (Å²) < 4.78 is 5.65. The molecule has 0 aromatic heterocycles. The summed E-state index contributed by atoms with van der Waals surface area (Å²) in [7, 11) is 0. The van der Waals surface area contributed by atoms with Crippen molar-refractivity contribution in [2.24, 2.45) is 0 Å². The van der Waals surface area contributed by atoms with E-state index in [1.807, 2.05) is 0 Å². The van der Waals surface area contributed by atoms with Crippen LogP contribution in [-0.2, 0) is 14.3 Å². The Morgan fingerprint density at radius 1 is 0.564 bits per heavy atom. The average Bonchev–Trinajstić information content (AvgIpc) is 2.91. The van der Waals surface area contributed by atoms with E-state index in [0.717, 1.165) is 38.5 Å². The topological polar surface area (TPSA) is 63.6 Å². The minimum atomic E-state index is -0.781. The molecule has 0 aliphatic heterocycles.